The molecule has 0 radical (unpaired) electrons. The van der Waals surface area contributed by atoms with Gasteiger partial charge in [0.25, 0.3) is 5.91 Å². The number of carbonyl (C=O) groups excluding carboxylic acids is 2. The van der Waals surface area contributed by atoms with Crippen molar-refractivity contribution in [2.75, 3.05) is 6.44 Å². The van der Waals surface area contributed by atoms with Gasteiger partial charge < -0.3 is 18.3 Å². The zero-order chi connectivity index (χ0) is 13.6. The Morgan fingerprint density at radius 1 is 1.29 bits per heavy atom. The Labute approximate surface area is 91.0 Å². The molecule has 0 aromatic rings. The number of nitrogens with one attached hydrogen (secondary N) is 1. The summed E-state index contributed by atoms with van der Waals surface area (Å²) < 4.78 is 73.3. The molecular weight excluding hydrogens is 257 g/mol. The average molecular weight is 263 g/mol. The predicted octanol–water partition coefficient (Wildman–Crippen LogP) is 1.25. The van der Waals surface area contributed by atoms with Gasteiger partial charge in [0.05, 0.1) is 0 Å². The lowest BCUT2D eigenvalue weighted by Gasteiger charge is -2.25. The van der Waals surface area contributed by atoms with Crippen molar-refractivity contribution in [3.63, 3.8) is 0 Å². The molecule has 0 spiro atoms. The van der Waals surface area contributed by atoms with Crippen molar-refractivity contribution in [2.45, 2.75) is 18.6 Å². The minimum atomic E-state index is -5.58. The van der Waals surface area contributed by atoms with E-state index in [4.69, 9.17) is 0 Å². The van der Waals surface area contributed by atoms with E-state index in [0.29, 0.717) is 6.92 Å². The zero-order valence-corrected chi connectivity index (χ0v) is 8.32. The molecule has 17 heavy (non-hydrogen) atoms. The molecule has 0 saturated carbocycles. The summed E-state index contributed by atoms with van der Waals surface area (Å²) in [6, 6.07) is -1.70. The maximum Gasteiger partial charge on any atom is 0.497 e. The molecule has 1 aliphatic rings. The van der Waals surface area contributed by atoms with Crippen LogP contribution in [0.15, 0.2) is 0 Å². The molecule has 1 saturated heterocycles. The third-order valence-electron chi connectivity index (χ3n) is 2.23. The summed E-state index contributed by atoms with van der Waals surface area (Å²) in [5.41, 5.74) is -3.30. The average Bonchev–Trinajstić information content (AvgIpc) is 2.27. The lowest BCUT2D eigenvalue weighted by molar-refractivity contribution is -0.190. The Balaban J connectivity index is 3.02. The van der Waals surface area contributed by atoms with Crippen molar-refractivity contribution < 1.29 is 35.7 Å². The number of halogens is 6. The van der Waals surface area contributed by atoms with Gasteiger partial charge in [0.1, 0.15) is 0 Å². The van der Waals surface area contributed by atoms with Crippen molar-refractivity contribution >= 4 is 18.9 Å². The molecule has 98 valence electrons. The Hall–Kier alpha value is -1.42. The van der Waals surface area contributed by atoms with Crippen molar-refractivity contribution in [1.82, 2.24) is 10.2 Å². The van der Waals surface area contributed by atoms with Gasteiger partial charge in [-0.1, -0.05) is 0 Å². The molecule has 1 N–H and O–H groups in total. The van der Waals surface area contributed by atoms with Crippen LogP contribution in [-0.4, -0.2) is 42.0 Å². The first-order chi connectivity index (χ1) is 7.38. The first-order valence-corrected chi connectivity index (χ1v) is 4.30. The van der Waals surface area contributed by atoms with Gasteiger partial charge in [-0.05, 0) is 6.92 Å². The van der Waals surface area contributed by atoms with Crippen LogP contribution >= 0.6 is 0 Å². The van der Waals surface area contributed by atoms with Crippen LogP contribution in [-0.2, 0) is 4.79 Å². The molecule has 0 bridgehead atoms. The van der Waals surface area contributed by atoms with Crippen molar-refractivity contribution in [3.05, 3.63) is 0 Å². The number of rotatable bonds is 2. The summed E-state index contributed by atoms with van der Waals surface area (Å²) in [6.45, 7) is -5.27. The number of imide groups is 1. The summed E-state index contributed by atoms with van der Waals surface area (Å²) in [5.74, 6) is -1.95. The highest BCUT2D eigenvalue weighted by atomic mass is 19.4. The van der Waals surface area contributed by atoms with Crippen LogP contribution < -0.4 is 5.32 Å². The summed E-state index contributed by atoms with van der Waals surface area (Å²) in [7, 11) is 0. The smallest absolute Gasteiger partial charge is 0.448 e. The van der Waals surface area contributed by atoms with E-state index in [0.717, 1.165) is 0 Å². The Bertz CT molecular complexity index is 366. The first-order valence-electron chi connectivity index (χ1n) is 4.30. The lowest BCUT2D eigenvalue weighted by atomic mass is 9.90. The molecule has 0 aromatic heterocycles. The van der Waals surface area contributed by atoms with Crippen molar-refractivity contribution in [1.29, 1.82) is 0 Å². The van der Waals surface area contributed by atoms with Gasteiger partial charge in [-0.25, -0.2) is 4.79 Å². The zero-order valence-electron chi connectivity index (χ0n) is 8.32. The minimum Gasteiger partial charge on any atom is -0.448 e. The SMILES string of the molecule is CC1(C(F)(F)F)NC(=O)N(C[B-](F)(F)F)C1=O. The summed E-state index contributed by atoms with van der Waals surface area (Å²) >= 11 is 0. The molecule has 3 amide bonds. The molecule has 1 aliphatic heterocycles. The highest BCUT2D eigenvalue weighted by molar-refractivity contribution is 6.59. The third-order valence-corrected chi connectivity index (χ3v) is 2.23. The number of urea groups is 1. The highest BCUT2D eigenvalue weighted by Gasteiger charge is 2.64. The predicted molar refractivity (Wildman–Crippen MR) is 43.8 cm³/mol. The van der Waals surface area contributed by atoms with Crippen LogP contribution in [0.3, 0.4) is 0 Å². The van der Waals surface area contributed by atoms with Gasteiger partial charge in [0.15, 0.2) is 0 Å². The first kappa shape index (κ1) is 13.6. The molecule has 1 fully saturated rings. The van der Waals surface area contributed by atoms with E-state index in [-0.39, 0.29) is 0 Å². The third kappa shape index (κ3) is 2.32. The number of alkyl halides is 3. The molecule has 0 aliphatic carbocycles. The standard InChI is InChI=1S/C6H6BF6N2O2/c1-5(6(8,9)10)3(16)15(4(17)14-5)2-7(11,12)13/h2H2,1H3,(H,14,17)/q-1. The van der Waals surface area contributed by atoms with Gasteiger partial charge in [-0.2, -0.15) is 13.2 Å². The fraction of sp³-hybridized carbons (Fsp3) is 0.667. The maximum absolute atomic E-state index is 12.4. The summed E-state index contributed by atoms with van der Waals surface area (Å²) in [4.78, 5) is 21.6. The second-order valence-electron chi connectivity index (χ2n) is 3.68. The van der Waals surface area contributed by atoms with Gasteiger partial charge in [0, 0.05) is 6.44 Å². The van der Waals surface area contributed by atoms with Gasteiger partial charge >= 0.3 is 19.2 Å². The molecule has 1 heterocycles. The summed E-state index contributed by atoms with van der Waals surface area (Å²) in [5, 5.41) is 1.22. The van der Waals surface area contributed by atoms with Crippen LogP contribution in [0.5, 0.6) is 0 Å². The molecule has 1 atom stereocenters. The Kier molecular flexibility index (Phi) is 2.84. The van der Waals surface area contributed by atoms with Crippen molar-refractivity contribution in [3.8, 4) is 0 Å². The Morgan fingerprint density at radius 2 is 1.76 bits per heavy atom. The maximum atomic E-state index is 12.4. The number of amides is 3. The van der Waals surface area contributed by atoms with E-state index in [1.165, 1.54) is 5.32 Å². The molecule has 1 unspecified atom stereocenters. The van der Waals surface area contributed by atoms with Crippen LogP contribution in [0.1, 0.15) is 6.92 Å². The fourth-order valence-corrected chi connectivity index (χ4v) is 1.26. The fourth-order valence-electron chi connectivity index (χ4n) is 1.26. The van der Waals surface area contributed by atoms with E-state index in [2.05, 4.69) is 0 Å². The quantitative estimate of drug-likeness (QED) is 0.463. The highest BCUT2D eigenvalue weighted by Crippen LogP contribution is 2.35. The molecular formula is C6H6BF6N2O2-. The lowest BCUT2D eigenvalue weighted by Crippen LogP contribution is -2.56. The monoisotopic (exact) mass is 263 g/mol. The number of carbonyl (C=O) groups is 2. The normalized spacial score (nSPS) is 26.4. The molecule has 0 aromatic carbocycles. The second kappa shape index (κ2) is 3.54. The van der Waals surface area contributed by atoms with Crippen LogP contribution in [0, 0.1) is 0 Å². The van der Waals surface area contributed by atoms with E-state index in [9.17, 15) is 35.7 Å². The van der Waals surface area contributed by atoms with E-state index in [1.807, 2.05) is 0 Å². The second-order valence-corrected chi connectivity index (χ2v) is 3.68. The topological polar surface area (TPSA) is 49.4 Å². The van der Waals surface area contributed by atoms with E-state index < -0.39 is 42.0 Å². The van der Waals surface area contributed by atoms with Gasteiger partial charge in [-0.15, -0.1) is 0 Å². The number of hydrogen-bond acceptors (Lipinski definition) is 2. The van der Waals surface area contributed by atoms with Crippen LogP contribution in [0.25, 0.3) is 0 Å². The van der Waals surface area contributed by atoms with Crippen LogP contribution in [0.2, 0.25) is 0 Å². The van der Waals surface area contributed by atoms with Crippen LogP contribution in [0.4, 0.5) is 30.9 Å². The Morgan fingerprint density at radius 3 is 2.06 bits per heavy atom. The summed E-state index contributed by atoms with van der Waals surface area (Å²) in [6.07, 6.45) is -7.15. The van der Waals surface area contributed by atoms with E-state index in [1.54, 1.807) is 0 Å². The van der Waals surface area contributed by atoms with E-state index >= 15 is 0 Å². The minimum absolute atomic E-state index is 0.316. The number of nitrogens with zero attached hydrogens (tertiary/aromatic N) is 1. The largest absolute Gasteiger partial charge is 0.497 e. The molecule has 1 rings (SSSR count). The van der Waals surface area contributed by atoms with Crippen molar-refractivity contribution in [2.24, 2.45) is 0 Å². The van der Waals surface area contributed by atoms with Gasteiger partial charge in [0.2, 0.25) is 5.54 Å². The number of hydrogen-bond donors (Lipinski definition) is 1. The molecule has 4 nitrogen and oxygen atoms in total. The molecule has 11 heteroatoms. The van der Waals surface area contributed by atoms with Gasteiger partial charge in [-0.3, -0.25) is 9.69 Å².